The molecule has 1 heterocycles. The van der Waals surface area contributed by atoms with Crippen molar-refractivity contribution in [3.63, 3.8) is 0 Å². The summed E-state index contributed by atoms with van der Waals surface area (Å²) < 4.78 is 12.6. The Morgan fingerprint density at radius 3 is 2.42 bits per heavy atom. The molecule has 0 saturated heterocycles. The number of nitrogens with one attached hydrogen (secondary N) is 1. The first-order chi connectivity index (χ1) is 18.5. The van der Waals surface area contributed by atoms with Crippen LogP contribution in [0.1, 0.15) is 24.7 Å². The lowest BCUT2D eigenvalue weighted by atomic mass is 10.1. The van der Waals surface area contributed by atoms with E-state index in [0.29, 0.717) is 37.4 Å². The average molecular weight is 515 g/mol. The molecule has 0 aliphatic carbocycles. The predicted octanol–water partition coefficient (Wildman–Crippen LogP) is 4.40. The highest BCUT2D eigenvalue weighted by Crippen LogP contribution is 2.27. The average Bonchev–Trinajstić information content (AvgIpc) is 3.29. The van der Waals surface area contributed by atoms with E-state index in [1.54, 1.807) is 25.2 Å². The normalized spacial score (nSPS) is 10.8. The predicted molar refractivity (Wildman–Crippen MR) is 149 cm³/mol. The van der Waals surface area contributed by atoms with E-state index in [9.17, 15) is 9.59 Å². The van der Waals surface area contributed by atoms with E-state index < -0.39 is 0 Å². The number of carbonyl (C=O) groups is 2. The molecular formula is C30H34N4O4. The highest BCUT2D eigenvalue weighted by atomic mass is 16.5. The second-order valence-electron chi connectivity index (χ2n) is 8.90. The number of hydrogen-bond acceptors (Lipinski definition) is 5. The third-order valence-electron chi connectivity index (χ3n) is 6.42. The van der Waals surface area contributed by atoms with Gasteiger partial charge in [-0.2, -0.15) is 0 Å². The Kier molecular flexibility index (Phi) is 8.98. The van der Waals surface area contributed by atoms with E-state index in [0.717, 1.165) is 28.1 Å². The lowest BCUT2D eigenvalue weighted by molar-refractivity contribution is -0.120. The van der Waals surface area contributed by atoms with Crippen molar-refractivity contribution < 1.29 is 19.1 Å². The van der Waals surface area contributed by atoms with Gasteiger partial charge in [-0.1, -0.05) is 36.4 Å². The number of benzene rings is 3. The van der Waals surface area contributed by atoms with Gasteiger partial charge in [0.2, 0.25) is 11.8 Å². The molecule has 0 bridgehead atoms. The zero-order valence-corrected chi connectivity index (χ0v) is 22.1. The van der Waals surface area contributed by atoms with Crippen LogP contribution in [0.5, 0.6) is 11.5 Å². The molecule has 38 heavy (non-hydrogen) atoms. The molecule has 8 heteroatoms. The summed E-state index contributed by atoms with van der Waals surface area (Å²) in [5, 5.41) is 2.99. The second-order valence-corrected chi connectivity index (χ2v) is 8.90. The molecule has 4 rings (SSSR count). The molecule has 0 atom stereocenters. The summed E-state index contributed by atoms with van der Waals surface area (Å²) in [5.74, 6) is 2.00. The summed E-state index contributed by atoms with van der Waals surface area (Å²) in [4.78, 5) is 32.4. The fraction of sp³-hybridized carbons (Fsp3) is 0.300. The number of likely N-dealkylation sites (N-methyl/N-ethyl adjacent to an activating group) is 1. The van der Waals surface area contributed by atoms with Crippen molar-refractivity contribution in [2.75, 3.05) is 32.2 Å². The SMILES string of the molecule is CCN(C(=O)Cn1c(CCCNC(=O)Cc2ccc(OC)c(OC)c2)nc2ccccc21)c1ccccc1. The molecule has 3 aromatic carbocycles. The van der Waals surface area contributed by atoms with Crippen LogP contribution < -0.4 is 19.7 Å². The van der Waals surface area contributed by atoms with Gasteiger partial charge in [-0.05, 0) is 55.3 Å². The Morgan fingerprint density at radius 1 is 0.947 bits per heavy atom. The van der Waals surface area contributed by atoms with Crippen molar-refractivity contribution in [3.05, 3.63) is 84.2 Å². The van der Waals surface area contributed by atoms with Crippen molar-refractivity contribution >= 4 is 28.5 Å². The molecule has 2 amide bonds. The van der Waals surface area contributed by atoms with Crippen LogP contribution in [0.25, 0.3) is 11.0 Å². The van der Waals surface area contributed by atoms with Crippen LogP contribution in [0.15, 0.2) is 72.8 Å². The summed E-state index contributed by atoms with van der Waals surface area (Å²) in [6.45, 7) is 3.26. The molecule has 4 aromatic rings. The maximum Gasteiger partial charge on any atom is 0.246 e. The molecular weight excluding hydrogens is 480 g/mol. The topological polar surface area (TPSA) is 85.7 Å². The molecule has 8 nitrogen and oxygen atoms in total. The maximum atomic E-state index is 13.3. The number of amides is 2. The Morgan fingerprint density at radius 2 is 1.68 bits per heavy atom. The fourth-order valence-electron chi connectivity index (χ4n) is 4.54. The van der Waals surface area contributed by atoms with Crippen LogP contribution in [0.2, 0.25) is 0 Å². The summed E-state index contributed by atoms with van der Waals surface area (Å²) in [7, 11) is 3.15. The number of aromatic nitrogens is 2. The van der Waals surface area contributed by atoms with E-state index in [4.69, 9.17) is 14.5 Å². The first-order valence-electron chi connectivity index (χ1n) is 12.8. The quantitative estimate of drug-likeness (QED) is 0.283. The Bertz CT molecular complexity index is 1380. The number of hydrogen-bond donors (Lipinski definition) is 1. The van der Waals surface area contributed by atoms with E-state index in [1.165, 1.54) is 0 Å². The van der Waals surface area contributed by atoms with Gasteiger partial charge >= 0.3 is 0 Å². The Labute approximate surface area is 223 Å². The highest BCUT2D eigenvalue weighted by molar-refractivity contribution is 5.94. The third-order valence-corrected chi connectivity index (χ3v) is 6.42. The van der Waals surface area contributed by atoms with Crippen LogP contribution in [-0.4, -0.2) is 48.7 Å². The molecule has 0 fully saturated rings. The van der Waals surface area contributed by atoms with Gasteiger partial charge in [-0.15, -0.1) is 0 Å². The lowest BCUT2D eigenvalue weighted by Gasteiger charge is -2.22. The van der Waals surface area contributed by atoms with Crippen molar-refractivity contribution in [2.45, 2.75) is 32.7 Å². The minimum atomic E-state index is -0.0673. The molecule has 1 aromatic heterocycles. The summed E-state index contributed by atoms with van der Waals surface area (Å²) in [6, 6.07) is 23.0. The van der Waals surface area contributed by atoms with Gasteiger partial charge in [0.25, 0.3) is 0 Å². The largest absolute Gasteiger partial charge is 0.493 e. The number of carbonyl (C=O) groups excluding carboxylic acids is 2. The van der Waals surface area contributed by atoms with Crippen molar-refractivity contribution in [1.29, 1.82) is 0 Å². The summed E-state index contributed by atoms with van der Waals surface area (Å²) in [6.07, 6.45) is 1.58. The van der Waals surface area contributed by atoms with E-state index in [2.05, 4.69) is 5.32 Å². The molecule has 0 spiro atoms. The van der Waals surface area contributed by atoms with Gasteiger partial charge in [0.1, 0.15) is 12.4 Å². The molecule has 0 unspecified atom stereocenters. The van der Waals surface area contributed by atoms with Crippen molar-refractivity contribution in [1.82, 2.24) is 14.9 Å². The van der Waals surface area contributed by atoms with Gasteiger partial charge in [0.05, 0.1) is 31.7 Å². The van der Waals surface area contributed by atoms with E-state index in [1.807, 2.05) is 78.2 Å². The van der Waals surface area contributed by atoms with Gasteiger partial charge in [-0.3, -0.25) is 9.59 Å². The second kappa shape index (κ2) is 12.8. The van der Waals surface area contributed by atoms with Crippen molar-refractivity contribution in [2.24, 2.45) is 0 Å². The number of imidazole rings is 1. The minimum absolute atomic E-state index is 0.00586. The zero-order chi connectivity index (χ0) is 26.9. The monoisotopic (exact) mass is 514 g/mol. The highest BCUT2D eigenvalue weighted by Gasteiger charge is 2.18. The number of rotatable bonds is 12. The van der Waals surface area contributed by atoms with Gasteiger partial charge in [0.15, 0.2) is 11.5 Å². The van der Waals surface area contributed by atoms with E-state index in [-0.39, 0.29) is 24.8 Å². The molecule has 0 saturated carbocycles. The van der Waals surface area contributed by atoms with Crippen molar-refractivity contribution in [3.8, 4) is 11.5 Å². The number of methoxy groups -OCH3 is 2. The molecule has 198 valence electrons. The Balaban J connectivity index is 1.38. The molecule has 0 radical (unpaired) electrons. The third kappa shape index (κ3) is 6.32. The smallest absolute Gasteiger partial charge is 0.246 e. The number of ether oxygens (including phenoxy) is 2. The van der Waals surface area contributed by atoms with Gasteiger partial charge in [-0.25, -0.2) is 4.98 Å². The van der Waals surface area contributed by atoms with Crippen LogP contribution in [-0.2, 0) is 29.0 Å². The summed E-state index contributed by atoms with van der Waals surface area (Å²) >= 11 is 0. The zero-order valence-electron chi connectivity index (χ0n) is 22.1. The van der Waals surface area contributed by atoms with Gasteiger partial charge in [0, 0.05) is 25.2 Å². The lowest BCUT2D eigenvalue weighted by Crippen LogP contribution is -2.34. The summed E-state index contributed by atoms with van der Waals surface area (Å²) in [5.41, 5.74) is 3.51. The number of anilines is 1. The van der Waals surface area contributed by atoms with Gasteiger partial charge < -0.3 is 24.3 Å². The van der Waals surface area contributed by atoms with Crippen LogP contribution >= 0.6 is 0 Å². The number of nitrogens with zero attached hydrogens (tertiary/aromatic N) is 3. The standard InChI is InChI=1S/C30H34N4O4/c1-4-33(23-11-6-5-7-12-23)30(36)21-34-25-14-9-8-13-24(25)32-28(34)15-10-18-31-29(35)20-22-16-17-26(37-2)27(19-22)38-3/h5-9,11-14,16-17,19H,4,10,15,18,20-21H2,1-3H3,(H,31,35). The first-order valence-corrected chi connectivity index (χ1v) is 12.8. The number of fused-ring (bicyclic) bond motifs is 1. The van der Waals surface area contributed by atoms with Crippen LogP contribution in [0, 0.1) is 0 Å². The number of aryl methyl sites for hydroxylation is 1. The fourth-order valence-corrected chi connectivity index (χ4v) is 4.54. The van der Waals surface area contributed by atoms with Crippen LogP contribution in [0.3, 0.4) is 0 Å². The van der Waals surface area contributed by atoms with Crippen LogP contribution in [0.4, 0.5) is 5.69 Å². The maximum absolute atomic E-state index is 13.3. The number of para-hydroxylation sites is 3. The molecule has 1 N–H and O–H groups in total. The molecule has 0 aliphatic heterocycles. The first kappa shape index (κ1) is 26.7. The Hall–Kier alpha value is -4.33. The molecule has 0 aliphatic rings. The van der Waals surface area contributed by atoms with E-state index >= 15 is 0 Å². The minimum Gasteiger partial charge on any atom is -0.493 e.